The molecule has 8 heavy (non-hydrogen) atoms. The van der Waals surface area contributed by atoms with Gasteiger partial charge >= 0.3 is 0 Å². The number of rotatable bonds is 0. The Hall–Kier alpha value is -0.740. The van der Waals surface area contributed by atoms with Gasteiger partial charge in [-0.1, -0.05) is 11.6 Å². The van der Waals surface area contributed by atoms with Crippen molar-refractivity contribution in [1.82, 2.24) is 0 Å². The Balaban J connectivity index is 2.83. The molecule has 0 N–H and O–H groups in total. The van der Waals surface area contributed by atoms with Crippen molar-refractivity contribution in [2.45, 2.75) is 20.3 Å². The minimum Gasteiger partial charge on any atom is -0.122 e. The topological polar surface area (TPSA) is 0 Å². The molecule has 0 amide bonds. The minimum absolute atomic E-state index is 1.11. The molecular formula is C8H10. The molecule has 0 nitrogen and oxygen atoms in total. The predicted octanol–water partition coefficient (Wildman–Crippen LogP) is 2.44. The third-order valence-electron chi connectivity index (χ3n) is 1.24. The Labute approximate surface area is 50.2 Å². The van der Waals surface area contributed by atoms with Crippen molar-refractivity contribution in [3.8, 4) is 0 Å². The van der Waals surface area contributed by atoms with Crippen LogP contribution in [0.5, 0.6) is 0 Å². The molecule has 0 atom stereocenters. The molecule has 0 saturated heterocycles. The largest absolute Gasteiger partial charge is 0.122 e. The molecule has 0 radical (unpaired) electrons. The predicted molar refractivity (Wildman–Crippen MR) is 35.6 cm³/mol. The highest BCUT2D eigenvalue weighted by Crippen LogP contribution is 2.11. The lowest BCUT2D eigenvalue weighted by molar-refractivity contribution is 1.10. The average molecular weight is 106 g/mol. The van der Waals surface area contributed by atoms with Crippen LogP contribution in [-0.2, 0) is 0 Å². The molecule has 0 heteroatoms. The molecule has 42 valence electrons. The van der Waals surface area contributed by atoms with Gasteiger partial charge in [0.15, 0.2) is 0 Å². The van der Waals surface area contributed by atoms with E-state index >= 15 is 0 Å². The van der Waals surface area contributed by atoms with Crippen LogP contribution >= 0.6 is 0 Å². The summed E-state index contributed by atoms with van der Waals surface area (Å²) in [5, 5.41) is 0. The molecule has 0 spiro atoms. The SMILES string of the molecule is CC1=C=CC=C(C)C1. The fourth-order valence-electron chi connectivity index (χ4n) is 0.854. The summed E-state index contributed by atoms with van der Waals surface area (Å²) in [5.41, 5.74) is 5.90. The minimum atomic E-state index is 1.11. The van der Waals surface area contributed by atoms with E-state index in [0.717, 1.165) is 6.42 Å². The van der Waals surface area contributed by atoms with Gasteiger partial charge in [-0.3, -0.25) is 0 Å². The summed E-state index contributed by atoms with van der Waals surface area (Å²) in [6.07, 6.45) is 5.19. The second-order valence-corrected chi connectivity index (χ2v) is 2.28. The van der Waals surface area contributed by atoms with Crippen molar-refractivity contribution < 1.29 is 0 Å². The van der Waals surface area contributed by atoms with Crippen molar-refractivity contribution in [1.29, 1.82) is 0 Å². The van der Waals surface area contributed by atoms with Gasteiger partial charge in [-0.05, 0) is 31.9 Å². The molecular weight excluding hydrogens is 96.1 g/mol. The maximum atomic E-state index is 3.13. The Morgan fingerprint density at radius 1 is 1.50 bits per heavy atom. The fourth-order valence-corrected chi connectivity index (χ4v) is 0.854. The van der Waals surface area contributed by atoms with Crippen molar-refractivity contribution >= 4 is 0 Å². The van der Waals surface area contributed by atoms with Gasteiger partial charge in [0.1, 0.15) is 0 Å². The summed E-state index contributed by atoms with van der Waals surface area (Å²) < 4.78 is 0. The van der Waals surface area contributed by atoms with E-state index in [2.05, 4.69) is 25.7 Å². The van der Waals surface area contributed by atoms with Crippen LogP contribution in [0.3, 0.4) is 0 Å². The summed E-state index contributed by atoms with van der Waals surface area (Å²) >= 11 is 0. The van der Waals surface area contributed by atoms with Crippen molar-refractivity contribution in [2.75, 3.05) is 0 Å². The normalized spacial score (nSPS) is 17.8. The van der Waals surface area contributed by atoms with Crippen molar-refractivity contribution in [3.63, 3.8) is 0 Å². The Morgan fingerprint density at radius 2 is 2.25 bits per heavy atom. The van der Waals surface area contributed by atoms with Crippen molar-refractivity contribution in [3.05, 3.63) is 29.0 Å². The molecule has 0 aromatic carbocycles. The van der Waals surface area contributed by atoms with E-state index in [-0.39, 0.29) is 0 Å². The smallest absolute Gasteiger partial charge is 0.00344 e. The molecule has 0 fully saturated rings. The highest BCUT2D eigenvalue weighted by Gasteiger charge is 1.92. The van der Waals surface area contributed by atoms with E-state index in [1.807, 2.05) is 6.08 Å². The third kappa shape index (κ3) is 1.11. The van der Waals surface area contributed by atoms with E-state index in [4.69, 9.17) is 0 Å². The van der Waals surface area contributed by atoms with Gasteiger partial charge in [-0.25, -0.2) is 0 Å². The van der Waals surface area contributed by atoms with Crippen LogP contribution < -0.4 is 0 Å². The zero-order valence-corrected chi connectivity index (χ0v) is 5.36. The van der Waals surface area contributed by atoms with Crippen LogP contribution in [0, 0.1) is 0 Å². The van der Waals surface area contributed by atoms with Crippen LogP contribution in [0.4, 0.5) is 0 Å². The van der Waals surface area contributed by atoms with E-state index in [1.54, 1.807) is 0 Å². The molecule has 0 aromatic rings. The molecule has 0 unspecified atom stereocenters. The van der Waals surface area contributed by atoms with Crippen LogP contribution in [-0.4, -0.2) is 0 Å². The highest BCUT2D eigenvalue weighted by atomic mass is 14.0. The van der Waals surface area contributed by atoms with E-state index in [0.29, 0.717) is 0 Å². The summed E-state index contributed by atoms with van der Waals surface area (Å²) in [7, 11) is 0. The zero-order chi connectivity index (χ0) is 5.98. The van der Waals surface area contributed by atoms with Gasteiger partial charge < -0.3 is 0 Å². The third-order valence-corrected chi connectivity index (χ3v) is 1.24. The fraction of sp³-hybridized carbons (Fsp3) is 0.375. The van der Waals surface area contributed by atoms with Gasteiger partial charge in [0.25, 0.3) is 0 Å². The second-order valence-electron chi connectivity index (χ2n) is 2.28. The van der Waals surface area contributed by atoms with E-state index in [9.17, 15) is 0 Å². The Bertz CT molecular complexity index is 176. The molecule has 1 aliphatic rings. The average Bonchev–Trinajstić information content (AvgIpc) is 1.64. The zero-order valence-electron chi connectivity index (χ0n) is 5.36. The van der Waals surface area contributed by atoms with E-state index in [1.165, 1.54) is 11.1 Å². The molecule has 0 heterocycles. The van der Waals surface area contributed by atoms with Gasteiger partial charge in [-0.2, -0.15) is 0 Å². The summed E-state index contributed by atoms with van der Waals surface area (Å²) in [5.74, 6) is 0. The summed E-state index contributed by atoms with van der Waals surface area (Å²) in [4.78, 5) is 0. The van der Waals surface area contributed by atoms with Gasteiger partial charge in [0.2, 0.25) is 0 Å². The van der Waals surface area contributed by atoms with Crippen LogP contribution in [0.1, 0.15) is 20.3 Å². The molecule has 1 aliphatic carbocycles. The molecule has 0 bridgehead atoms. The second kappa shape index (κ2) is 2.02. The highest BCUT2D eigenvalue weighted by molar-refractivity contribution is 5.22. The Kier molecular flexibility index (Phi) is 1.36. The quantitative estimate of drug-likeness (QED) is 0.416. The number of allylic oxidation sites excluding steroid dienone is 3. The summed E-state index contributed by atoms with van der Waals surface area (Å²) in [6, 6.07) is 0. The van der Waals surface area contributed by atoms with Crippen LogP contribution in [0.15, 0.2) is 29.0 Å². The molecule has 0 aliphatic heterocycles. The van der Waals surface area contributed by atoms with Crippen molar-refractivity contribution in [2.24, 2.45) is 0 Å². The number of hydrogen-bond donors (Lipinski definition) is 0. The summed E-state index contributed by atoms with van der Waals surface area (Å²) in [6.45, 7) is 4.24. The first-order chi connectivity index (χ1) is 3.79. The monoisotopic (exact) mass is 106 g/mol. The lowest BCUT2D eigenvalue weighted by Gasteiger charge is -1.99. The van der Waals surface area contributed by atoms with Gasteiger partial charge in [0, 0.05) is 0 Å². The number of hydrogen-bond acceptors (Lipinski definition) is 0. The lowest BCUT2D eigenvalue weighted by atomic mass is 10.1. The Morgan fingerprint density at radius 3 is 2.62 bits per heavy atom. The maximum absolute atomic E-state index is 3.13. The lowest BCUT2D eigenvalue weighted by Crippen LogP contribution is -1.80. The van der Waals surface area contributed by atoms with Gasteiger partial charge in [-0.15, -0.1) is 5.73 Å². The first-order valence-corrected chi connectivity index (χ1v) is 2.87. The standard InChI is InChI=1S/C8H10/c1-7-4-3-5-8(2)6-7/h3-4H,6H2,1-2H3. The molecule has 1 rings (SSSR count). The molecule has 0 saturated carbocycles. The van der Waals surface area contributed by atoms with Crippen LogP contribution in [0.2, 0.25) is 0 Å². The molecule has 0 aromatic heterocycles. The first-order valence-electron chi connectivity index (χ1n) is 2.87. The van der Waals surface area contributed by atoms with Crippen LogP contribution in [0.25, 0.3) is 0 Å². The maximum Gasteiger partial charge on any atom is -0.00344 e. The van der Waals surface area contributed by atoms with E-state index < -0.39 is 0 Å². The first kappa shape index (κ1) is 5.40. The van der Waals surface area contributed by atoms with Gasteiger partial charge in [0.05, 0.1) is 0 Å².